The van der Waals surface area contributed by atoms with E-state index in [-0.39, 0.29) is 11.8 Å². The number of nitrogens with zero attached hydrogens (tertiary/aromatic N) is 1. The highest BCUT2D eigenvalue weighted by atomic mass is 16.5. The Morgan fingerprint density at radius 3 is 2.56 bits per heavy atom. The van der Waals surface area contributed by atoms with Crippen LogP contribution in [0.5, 0.6) is 11.5 Å². The van der Waals surface area contributed by atoms with Crippen molar-refractivity contribution in [3.8, 4) is 11.5 Å². The molecule has 2 amide bonds. The van der Waals surface area contributed by atoms with Gasteiger partial charge in [-0.1, -0.05) is 24.3 Å². The van der Waals surface area contributed by atoms with Crippen molar-refractivity contribution in [2.24, 2.45) is 0 Å². The standard InChI is InChI=1S/C20H19NO4/c1-4-6-14-7-5-8-17-18(14)25-13(2)19(22)21(17)20(23)15-9-11-16(24-3)12-10-15/h4-13H,1-3H3/b6-4-. The second-order valence-corrected chi connectivity index (χ2v) is 5.66. The highest BCUT2D eigenvalue weighted by Gasteiger charge is 2.37. The summed E-state index contributed by atoms with van der Waals surface area (Å²) < 4.78 is 10.9. The number of hydrogen-bond donors (Lipinski definition) is 0. The van der Waals surface area contributed by atoms with Crippen molar-refractivity contribution in [2.75, 3.05) is 12.0 Å². The van der Waals surface area contributed by atoms with E-state index in [1.165, 1.54) is 4.90 Å². The van der Waals surface area contributed by atoms with Crippen molar-refractivity contribution >= 4 is 23.6 Å². The molecular weight excluding hydrogens is 318 g/mol. The first-order valence-electron chi connectivity index (χ1n) is 8.01. The Kier molecular flexibility index (Phi) is 4.57. The van der Waals surface area contributed by atoms with Gasteiger partial charge < -0.3 is 9.47 Å². The van der Waals surface area contributed by atoms with Gasteiger partial charge in [-0.2, -0.15) is 0 Å². The lowest BCUT2D eigenvalue weighted by Gasteiger charge is -2.32. The number of hydrogen-bond acceptors (Lipinski definition) is 4. The smallest absolute Gasteiger partial charge is 0.274 e. The highest BCUT2D eigenvalue weighted by Crippen LogP contribution is 2.38. The van der Waals surface area contributed by atoms with Crippen LogP contribution < -0.4 is 14.4 Å². The second kappa shape index (κ2) is 6.81. The monoisotopic (exact) mass is 337 g/mol. The summed E-state index contributed by atoms with van der Waals surface area (Å²) in [6.45, 7) is 3.54. The number of anilines is 1. The van der Waals surface area contributed by atoms with Crippen molar-refractivity contribution in [2.45, 2.75) is 20.0 Å². The average Bonchev–Trinajstić information content (AvgIpc) is 2.63. The molecule has 0 fully saturated rings. The number of allylic oxidation sites excluding steroid dienone is 1. The zero-order valence-corrected chi connectivity index (χ0v) is 14.4. The third-order valence-corrected chi connectivity index (χ3v) is 4.01. The van der Waals surface area contributed by atoms with Crippen molar-refractivity contribution < 1.29 is 19.1 Å². The number of rotatable bonds is 3. The van der Waals surface area contributed by atoms with Crippen LogP contribution >= 0.6 is 0 Å². The number of amides is 2. The van der Waals surface area contributed by atoms with Crippen LogP contribution in [-0.4, -0.2) is 25.0 Å². The first-order chi connectivity index (χ1) is 12.1. The maximum absolute atomic E-state index is 13.0. The van der Waals surface area contributed by atoms with Crippen molar-refractivity contribution in [1.82, 2.24) is 0 Å². The molecule has 1 heterocycles. The minimum Gasteiger partial charge on any atom is -0.497 e. The van der Waals surface area contributed by atoms with E-state index in [4.69, 9.17) is 9.47 Å². The highest BCUT2D eigenvalue weighted by molar-refractivity contribution is 6.23. The molecule has 25 heavy (non-hydrogen) atoms. The molecule has 0 aromatic heterocycles. The molecule has 0 saturated carbocycles. The summed E-state index contributed by atoms with van der Waals surface area (Å²) in [6.07, 6.45) is 3.04. The Labute approximate surface area is 146 Å². The van der Waals surface area contributed by atoms with Gasteiger partial charge in [0.25, 0.3) is 11.8 Å². The van der Waals surface area contributed by atoms with Crippen LogP contribution in [0.1, 0.15) is 29.8 Å². The fourth-order valence-corrected chi connectivity index (χ4v) is 2.76. The van der Waals surface area contributed by atoms with Gasteiger partial charge in [0.05, 0.1) is 12.8 Å². The molecule has 1 aliphatic rings. The van der Waals surface area contributed by atoms with Gasteiger partial charge >= 0.3 is 0 Å². The lowest BCUT2D eigenvalue weighted by molar-refractivity contribution is -0.124. The van der Waals surface area contributed by atoms with E-state index in [0.717, 1.165) is 5.56 Å². The van der Waals surface area contributed by atoms with Gasteiger partial charge in [0.1, 0.15) is 5.75 Å². The normalized spacial score (nSPS) is 16.5. The van der Waals surface area contributed by atoms with Gasteiger partial charge in [0.2, 0.25) is 0 Å². The number of carbonyl (C=O) groups excluding carboxylic acids is 2. The minimum absolute atomic E-state index is 0.383. The summed E-state index contributed by atoms with van der Waals surface area (Å²) >= 11 is 0. The van der Waals surface area contributed by atoms with Crippen LogP contribution in [0.4, 0.5) is 5.69 Å². The van der Waals surface area contributed by atoms with Gasteiger partial charge in [0.15, 0.2) is 11.9 Å². The van der Waals surface area contributed by atoms with E-state index in [1.54, 1.807) is 50.4 Å². The molecule has 0 bridgehead atoms. The van der Waals surface area contributed by atoms with Gasteiger partial charge in [-0.25, -0.2) is 4.90 Å². The number of imide groups is 1. The summed E-state index contributed by atoms with van der Waals surface area (Å²) in [4.78, 5) is 26.8. The van der Waals surface area contributed by atoms with Gasteiger partial charge in [0, 0.05) is 11.1 Å². The molecule has 0 spiro atoms. The second-order valence-electron chi connectivity index (χ2n) is 5.66. The zero-order chi connectivity index (χ0) is 18.0. The molecular formula is C20H19NO4. The number of para-hydroxylation sites is 1. The van der Waals surface area contributed by atoms with Crippen molar-refractivity contribution in [1.29, 1.82) is 0 Å². The van der Waals surface area contributed by atoms with Crippen LogP contribution in [0, 0.1) is 0 Å². The maximum atomic E-state index is 13.0. The predicted octanol–water partition coefficient (Wildman–Crippen LogP) is 3.68. The predicted molar refractivity (Wildman–Crippen MR) is 96.1 cm³/mol. The van der Waals surface area contributed by atoms with E-state index >= 15 is 0 Å². The maximum Gasteiger partial charge on any atom is 0.274 e. The van der Waals surface area contributed by atoms with Crippen LogP contribution in [0.25, 0.3) is 6.08 Å². The fourth-order valence-electron chi connectivity index (χ4n) is 2.76. The molecule has 0 aliphatic carbocycles. The van der Waals surface area contributed by atoms with Crippen LogP contribution in [0.3, 0.4) is 0 Å². The summed E-state index contributed by atoms with van der Waals surface area (Å²) in [7, 11) is 1.56. The quantitative estimate of drug-likeness (QED) is 0.802. The Morgan fingerprint density at radius 1 is 1.20 bits per heavy atom. The third kappa shape index (κ3) is 3.01. The molecule has 0 N–H and O–H groups in total. The topological polar surface area (TPSA) is 55.8 Å². The summed E-state index contributed by atoms with van der Waals surface area (Å²) in [5, 5.41) is 0. The Bertz CT molecular complexity index is 839. The number of carbonyl (C=O) groups is 2. The lowest BCUT2D eigenvalue weighted by atomic mass is 10.1. The van der Waals surface area contributed by atoms with Crippen molar-refractivity contribution in [3.05, 3.63) is 59.7 Å². The van der Waals surface area contributed by atoms with Gasteiger partial charge in [-0.15, -0.1) is 0 Å². The molecule has 1 aliphatic heterocycles. The van der Waals surface area contributed by atoms with Gasteiger partial charge in [-0.3, -0.25) is 9.59 Å². The first kappa shape index (κ1) is 16.8. The molecule has 2 aromatic carbocycles. The Balaban J connectivity index is 2.07. The van der Waals surface area contributed by atoms with E-state index in [2.05, 4.69) is 0 Å². The molecule has 0 saturated heterocycles. The number of benzene rings is 2. The molecule has 5 heteroatoms. The SMILES string of the molecule is C/C=C\c1cccc2c1OC(C)C(=O)N2C(=O)c1ccc(OC)cc1. The van der Waals surface area contributed by atoms with Gasteiger partial charge in [-0.05, 0) is 44.2 Å². The molecule has 5 nitrogen and oxygen atoms in total. The van der Waals surface area contributed by atoms with Crippen molar-refractivity contribution in [3.63, 3.8) is 0 Å². The van der Waals surface area contributed by atoms with Crippen LogP contribution in [-0.2, 0) is 4.79 Å². The summed E-state index contributed by atoms with van der Waals surface area (Å²) in [5.74, 6) is 0.413. The number of fused-ring (bicyclic) bond motifs is 1. The largest absolute Gasteiger partial charge is 0.497 e. The minimum atomic E-state index is -0.735. The van der Waals surface area contributed by atoms with Crippen LogP contribution in [0.15, 0.2) is 48.5 Å². The Morgan fingerprint density at radius 2 is 1.92 bits per heavy atom. The molecule has 0 radical (unpaired) electrons. The number of methoxy groups -OCH3 is 1. The van der Waals surface area contributed by atoms with E-state index in [0.29, 0.717) is 22.7 Å². The zero-order valence-electron chi connectivity index (χ0n) is 14.4. The fraction of sp³-hybridized carbons (Fsp3) is 0.200. The number of ether oxygens (including phenoxy) is 2. The lowest BCUT2D eigenvalue weighted by Crippen LogP contribution is -2.47. The summed E-state index contributed by atoms with van der Waals surface area (Å²) in [6, 6.07) is 12.1. The average molecular weight is 337 g/mol. The summed E-state index contributed by atoms with van der Waals surface area (Å²) in [5.41, 5.74) is 1.69. The third-order valence-electron chi connectivity index (χ3n) is 4.01. The van der Waals surface area contributed by atoms with E-state index < -0.39 is 6.10 Å². The molecule has 2 aromatic rings. The van der Waals surface area contributed by atoms with E-state index in [9.17, 15) is 9.59 Å². The molecule has 128 valence electrons. The first-order valence-corrected chi connectivity index (χ1v) is 8.01. The molecule has 1 unspecified atom stereocenters. The molecule has 1 atom stereocenters. The van der Waals surface area contributed by atoms with Crippen LogP contribution in [0.2, 0.25) is 0 Å². The molecule has 3 rings (SSSR count). The Hall–Kier alpha value is -3.08. The van der Waals surface area contributed by atoms with E-state index in [1.807, 2.05) is 25.1 Å².